The van der Waals surface area contributed by atoms with E-state index in [1.807, 2.05) is 0 Å². The van der Waals surface area contributed by atoms with Gasteiger partial charge in [0.05, 0.1) is 10.2 Å². The number of fused-ring (bicyclic) bond motifs is 1. The van der Waals surface area contributed by atoms with E-state index in [0.29, 0.717) is 0 Å². The number of nitrogens with zero attached hydrogens (tertiary/aromatic N) is 1. The van der Waals surface area contributed by atoms with Gasteiger partial charge in [-0.2, -0.15) is 23.5 Å². The highest BCUT2D eigenvalue weighted by Gasteiger charge is 2.14. The van der Waals surface area contributed by atoms with Crippen molar-refractivity contribution in [1.82, 2.24) is 4.98 Å². The molecule has 0 radical (unpaired) electrons. The second-order valence-electron chi connectivity index (χ2n) is 4.39. The molecule has 18 heavy (non-hydrogen) atoms. The molecule has 3 rings (SSSR count). The second-order valence-corrected chi connectivity index (χ2v) is 7.98. The van der Waals surface area contributed by atoms with E-state index in [-0.39, 0.29) is 0 Å². The van der Waals surface area contributed by atoms with Crippen molar-refractivity contribution in [2.45, 2.75) is 12.2 Å². The Morgan fingerprint density at radius 2 is 2.33 bits per heavy atom. The third-order valence-corrected chi connectivity index (χ3v) is 6.81. The van der Waals surface area contributed by atoms with E-state index in [1.54, 1.807) is 11.3 Å². The molecule has 0 spiro atoms. The minimum absolute atomic E-state index is 0.733. The lowest BCUT2D eigenvalue weighted by Crippen LogP contribution is -2.23. The van der Waals surface area contributed by atoms with E-state index < -0.39 is 0 Å². The van der Waals surface area contributed by atoms with Crippen LogP contribution in [0.4, 0.5) is 5.13 Å². The standard InChI is InChI=1S/C13H16N2S3/c1-9-3-2-4-11-12(9)15-13(18-11)14-7-10-8-16-5-6-17-10/h2-4,10H,5-8H2,1H3,(H,14,15). The summed E-state index contributed by atoms with van der Waals surface area (Å²) in [6.07, 6.45) is 0. The van der Waals surface area contributed by atoms with Crippen LogP contribution in [0, 0.1) is 6.92 Å². The highest BCUT2D eigenvalue weighted by molar-refractivity contribution is 8.06. The monoisotopic (exact) mass is 296 g/mol. The lowest BCUT2D eigenvalue weighted by molar-refractivity contribution is 1.00. The number of benzene rings is 1. The highest BCUT2D eigenvalue weighted by Crippen LogP contribution is 2.29. The maximum Gasteiger partial charge on any atom is 0.183 e. The molecule has 1 aromatic carbocycles. The predicted molar refractivity (Wildman–Crippen MR) is 86.4 cm³/mol. The second kappa shape index (κ2) is 5.72. The van der Waals surface area contributed by atoms with Gasteiger partial charge in [-0.25, -0.2) is 4.98 Å². The van der Waals surface area contributed by atoms with E-state index in [2.05, 4.69) is 58.9 Å². The van der Waals surface area contributed by atoms with Crippen LogP contribution >= 0.6 is 34.9 Å². The van der Waals surface area contributed by atoms with Gasteiger partial charge >= 0.3 is 0 Å². The number of anilines is 1. The Bertz CT molecular complexity index is 532. The molecule has 1 aliphatic rings. The van der Waals surface area contributed by atoms with Crippen LogP contribution in [0.1, 0.15) is 5.56 Å². The van der Waals surface area contributed by atoms with Crippen LogP contribution in [-0.2, 0) is 0 Å². The summed E-state index contributed by atoms with van der Waals surface area (Å²) < 4.78 is 1.28. The number of thioether (sulfide) groups is 2. The zero-order valence-corrected chi connectivity index (χ0v) is 12.8. The summed E-state index contributed by atoms with van der Waals surface area (Å²) in [5, 5.41) is 5.30. The third kappa shape index (κ3) is 2.78. The van der Waals surface area contributed by atoms with Gasteiger partial charge in [0.2, 0.25) is 0 Å². The molecule has 2 nitrogen and oxygen atoms in total. The Morgan fingerprint density at radius 1 is 1.39 bits per heavy atom. The van der Waals surface area contributed by atoms with Crippen LogP contribution in [0.2, 0.25) is 0 Å². The molecule has 1 aromatic heterocycles. The fraction of sp³-hybridized carbons (Fsp3) is 0.462. The van der Waals surface area contributed by atoms with Crippen molar-refractivity contribution >= 4 is 50.2 Å². The number of hydrogen-bond acceptors (Lipinski definition) is 5. The van der Waals surface area contributed by atoms with Crippen molar-refractivity contribution in [3.05, 3.63) is 23.8 Å². The molecular formula is C13H16N2S3. The first-order chi connectivity index (χ1) is 8.83. The molecule has 0 bridgehead atoms. The van der Waals surface area contributed by atoms with Gasteiger partial charge in [-0.3, -0.25) is 0 Å². The summed E-state index contributed by atoms with van der Waals surface area (Å²) in [6, 6.07) is 6.38. The van der Waals surface area contributed by atoms with E-state index in [4.69, 9.17) is 0 Å². The van der Waals surface area contributed by atoms with Crippen LogP contribution in [0.15, 0.2) is 18.2 Å². The Morgan fingerprint density at radius 3 is 3.11 bits per heavy atom. The van der Waals surface area contributed by atoms with Gasteiger partial charge in [-0.1, -0.05) is 23.5 Å². The number of aromatic nitrogens is 1. The number of hydrogen-bond donors (Lipinski definition) is 1. The third-order valence-electron chi connectivity index (χ3n) is 2.99. The Hall–Kier alpha value is -0.390. The smallest absolute Gasteiger partial charge is 0.183 e. The molecule has 1 fully saturated rings. The average Bonchev–Trinajstić information content (AvgIpc) is 2.82. The number of thiazole rings is 1. The van der Waals surface area contributed by atoms with Crippen LogP contribution in [0.25, 0.3) is 10.2 Å². The molecule has 0 saturated carbocycles. The van der Waals surface area contributed by atoms with Gasteiger partial charge in [0.25, 0.3) is 0 Å². The van der Waals surface area contributed by atoms with E-state index in [9.17, 15) is 0 Å². The van der Waals surface area contributed by atoms with E-state index in [0.717, 1.165) is 22.4 Å². The molecule has 1 N–H and O–H groups in total. The van der Waals surface area contributed by atoms with Gasteiger partial charge in [0.1, 0.15) is 0 Å². The van der Waals surface area contributed by atoms with Gasteiger partial charge in [-0.15, -0.1) is 0 Å². The topological polar surface area (TPSA) is 24.9 Å². The number of aryl methyl sites for hydroxylation is 1. The molecule has 1 atom stereocenters. The summed E-state index contributed by atoms with van der Waals surface area (Å²) in [6.45, 7) is 3.16. The van der Waals surface area contributed by atoms with Gasteiger partial charge in [-0.05, 0) is 18.6 Å². The van der Waals surface area contributed by atoms with Crippen molar-refractivity contribution in [3.8, 4) is 0 Å². The van der Waals surface area contributed by atoms with Crippen molar-refractivity contribution in [2.75, 3.05) is 29.1 Å². The first-order valence-electron chi connectivity index (χ1n) is 6.12. The molecule has 1 unspecified atom stereocenters. The summed E-state index contributed by atoms with van der Waals surface area (Å²) in [5.41, 5.74) is 2.41. The molecule has 5 heteroatoms. The number of rotatable bonds is 3. The van der Waals surface area contributed by atoms with Crippen molar-refractivity contribution < 1.29 is 0 Å². The van der Waals surface area contributed by atoms with Crippen molar-refractivity contribution in [3.63, 3.8) is 0 Å². The van der Waals surface area contributed by atoms with Crippen LogP contribution in [0.5, 0.6) is 0 Å². The van der Waals surface area contributed by atoms with Crippen LogP contribution in [0.3, 0.4) is 0 Å². The van der Waals surface area contributed by atoms with Gasteiger partial charge in [0, 0.05) is 29.1 Å². The minimum Gasteiger partial charge on any atom is -0.360 e. The molecule has 96 valence electrons. The Kier molecular flexibility index (Phi) is 4.01. The minimum atomic E-state index is 0.733. The van der Waals surface area contributed by atoms with Crippen LogP contribution in [-0.4, -0.2) is 34.0 Å². The molecule has 2 heterocycles. The van der Waals surface area contributed by atoms with Crippen molar-refractivity contribution in [2.24, 2.45) is 0 Å². The SMILES string of the molecule is Cc1cccc2sc(NCC3CSCCS3)nc12. The largest absolute Gasteiger partial charge is 0.360 e. The molecule has 1 aliphatic heterocycles. The molecule has 0 aliphatic carbocycles. The summed E-state index contributed by atoms with van der Waals surface area (Å²) in [5.74, 6) is 3.86. The summed E-state index contributed by atoms with van der Waals surface area (Å²) in [7, 11) is 0. The summed E-state index contributed by atoms with van der Waals surface area (Å²) in [4.78, 5) is 4.69. The fourth-order valence-corrected chi connectivity index (χ4v) is 5.58. The van der Waals surface area contributed by atoms with Gasteiger partial charge in [0.15, 0.2) is 5.13 Å². The molecular weight excluding hydrogens is 280 g/mol. The lowest BCUT2D eigenvalue weighted by Gasteiger charge is -2.20. The first kappa shape index (κ1) is 12.6. The number of para-hydroxylation sites is 1. The summed E-state index contributed by atoms with van der Waals surface area (Å²) >= 11 is 5.92. The molecule has 0 amide bonds. The van der Waals surface area contributed by atoms with E-state index >= 15 is 0 Å². The van der Waals surface area contributed by atoms with Crippen molar-refractivity contribution in [1.29, 1.82) is 0 Å². The highest BCUT2D eigenvalue weighted by atomic mass is 32.2. The quantitative estimate of drug-likeness (QED) is 0.929. The lowest BCUT2D eigenvalue weighted by atomic mass is 10.2. The normalized spacial score (nSPS) is 20.2. The maximum absolute atomic E-state index is 4.69. The number of nitrogens with one attached hydrogen (secondary N) is 1. The Labute approximate surface area is 120 Å². The maximum atomic E-state index is 4.69. The van der Waals surface area contributed by atoms with Gasteiger partial charge < -0.3 is 5.32 Å². The fourth-order valence-electron chi connectivity index (χ4n) is 2.02. The van der Waals surface area contributed by atoms with Crippen LogP contribution < -0.4 is 5.32 Å². The Balaban J connectivity index is 1.69. The van der Waals surface area contributed by atoms with E-state index in [1.165, 1.54) is 27.5 Å². The zero-order valence-electron chi connectivity index (χ0n) is 10.3. The molecule has 2 aromatic rings. The molecule has 1 saturated heterocycles. The average molecular weight is 296 g/mol. The predicted octanol–water partition coefficient (Wildman–Crippen LogP) is 3.87. The first-order valence-corrected chi connectivity index (χ1v) is 9.14. The zero-order chi connectivity index (χ0) is 12.4.